The molecule has 0 radical (unpaired) electrons. The number of nitrogens with one attached hydrogen (secondary N) is 1. The standard InChI is InChI=1S/C16H14N2OS2/c19-9-4-3-5-12-8-10-20-15(12)11-21-16-17-13-6-1-2-7-14(13)18-16/h1-2,6-8,10,19H,4,9,11H2,(H,17,18). The second kappa shape index (κ2) is 6.81. The second-order valence-electron chi connectivity index (χ2n) is 4.38. The molecule has 2 N–H and O–H groups in total. The lowest BCUT2D eigenvalue weighted by molar-refractivity contribution is 0.305. The molecule has 0 bridgehead atoms. The molecule has 0 saturated carbocycles. The Morgan fingerprint density at radius 3 is 3.05 bits per heavy atom. The highest BCUT2D eigenvalue weighted by Gasteiger charge is 2.06. The summed E-state index contributed by atoms with van der Waals surface area (Å²) in [5, 5.41) is 11.8. The SMILES string of the molecule is OCCC#Cc1ccsc1CSc1nc2ccccc2[nH]1. The average Bonchev–Trinajstić information content (AvgIpc) is 3.11. The van der Waals surface area contributed by atoms with E-state index in [2.05, 4.69) is 27.2 Å². The van der Waals surface area contributed by atoms with E-state index in [1.54, 1.807) is 23.1 Å². The molecule has 3 aromatic rings. The first kappa shape index (κ1) is 14.2. The lowest BCUT2D eigenvalue weighted by Crippen LogP contribution is -1.82. The van der Waals surface area contributed by atoms with Gasteiger partial charge in [0, 0.05) is 22.6 Å². The molecule has 0 aliphatic rings. The summed E-state index contributed by atoms with van der Waals surface area (Å²) in [5.41, 5.74) is 3.11. The third-order valence-electron chi connectivity index (χ3n) is 2.91. The molecular formula is C16H14N2OS2. The van der Waals surface area contributed by atoms with Gasteiger partial charge in [-0.15, -0.1) is 11.3 Å². The third kappa shape index (κ3) is 3.48. The molecule has 3 nitrogen and oxygen atoms in total. The van der Waals surface area contributed by atoms with E-state index in [1.165, 1.54) is 4.88 Å². The highest BCUT2D eigenvalue weighted by atomic mass is 32.2. The van der Waals surface area contributed by atoms with E-state index in [-0.39, 0.29) is 6.61 Å². The van der Waals surface area contributed by atoms with Gasteiger partial charge >= 0.3 is 0 Å². The largest absolute Gasteiger partial charge is 0.395 e. The number of rotatable bonds is 4. The molecule has 21 heavy (non-hydrogen) atoms. The van der Waals surface area contributed by atoms with Crippen molar-refractivity contribution in [2.45, 2.75) is 17.3 Å². The summed E-state index contributed by atoms with van der Waals surface area (Å²) in [4.78, 5) is 9.12. The first-order valence-corrected chi connectivity index (χ1v) is 8.47. The molecule has 0 spiro atoms. The van der Waals surface area contributed by atoms with Gasteiger partial charge in [0.15, 0.2) is 5.16 Å². The summed E-state index contributed by atoms with van der Waals surface area (Å²) in [5.74, 6) is 6.93. The number of fused-ring (bicyclic) bond motifs is 1. The summed E-state index contributed by atoms with van der Waals surface area (Å²) < 4.78 is 0. The van der Waals surface area contributed by atoms with Gasteiger partial charge in [-0.2, -0.15) is 0 Å². The van der Waals surface area contributed by atoms with Crippen LogP contribution in [-0.2, 0) is 5.75 Å². The van der Waals surface area contributed by atoms with Crippen molar-refractivity contribution in [1.82, 2.24) is 9.97 Å². The molecule has 0 saturated heterocycles. The monoisotopic (exact) mass is 314 g/mol. The molecule has 2 heterocycles. The number of nitrogens with zero attached hydrogens (tertiary/aromatic N) is 1. The molecule has 2 aromatic heterocycles. The minimum Gasteiger partial charge on any atom is -0.395 e. The number of aromatic amines is 1. The minimum atomic E-state index is 0.111. The van der Waals surface area contributed by atoms with Crippen molar-refractivity contribution in [3.05, 3.63) is 46.2 Å². The third-order valence-corrected chi connectivity index (χ3v) is 4.92. The van der Waals surface area contributed by atoms with Crippen LogP contribution in [0.5, 0.6) is 0 Å². The van der Waals surface area contributed by atoms with Crippen molar-refractivity contribution in [3.8, 4) is 11.8 Å². The van der Waals surface area contributed by atoms with Gasteiger partial charge in [0.2, 0.25) is 0 Å². The summed E-state index contributed by atoms with van der Waals surface area (Å²) >= 11 is 3.39. The smallest absolute Gasteiger partial charge is 0.166 e. The lowest BCUT2D eigenvalue weighted by atomic mass is 10.2. The van der Waals surface area contributed by atoms with Crippen LogP contribution in [0.3, 0.4) is 0 Å². The highest BCUT2D eigenvalue weighted by molar-refractivity contribution is 7.98. The molecule has 106 valence electrons. The van der Waals surface area contributed by atoms with E-state index in [4.69, 9.17) is 5.11 Å². The second-order valence-corrected chi connectivity index (χ2v) is 6.35. The van der Waals surface area contributed by atoms with Crippen LogP contribution in [0.15, 0.2) is 40.9 Å². The number of aromatic nitrogens is 2. The van der Waals surface area contributed by atoms with Crippen molar-refractivity contribution in [2.24, 2.45) is 0 Å². The number of hydrogen-bond acceptors (Lipinski definition) is 4. The quantitative estimate of drug-likeness (QED) is 0.571. The van der Waals surface area contributed by atoms with E-state index in [0.717, 1.165) is 27.5 Å². The Bertz CT molecular complexity index is 762. The number of para-hydroxylation sites is 2. The number of H-pyrrole nitrogens is 1. The Balaban J connectivity index is 1.70. The van der Waals surface area contributed by atoms with Crippen molar-refractivity contribution in [2.75, 3.05) is 6.61 Å². The first-order valence-electron chi connectivity index (χ1n) is 6.60. The van der Waals surface area contributed by atoms with Crippen LogP contribution in [0.4, 0.5) is 0 Å². The van der Waals surface area contributed by atoms with Crippen LogP contribution in [0, 0.1) is 11.8 Å². The zero-order valence-electron chi connectivity index (χ0n) is 11.3. The van der Waals surface area contributed by atoms with Crippen LogP contribution in [-0.4, -0.2) is 21.7 Å². The number of aliphatic hydroxyl groups excluding tert-OH is 1. The Labute approximate surface area is 131 Å². The maximum atomic E-state index is 8.77. The van der Waals surface area contributed by atoms with Gasteiger partial charge in [-0.25, -0.2) is 4.98 Å². The average molecular weight is 314 g/mol. The normalized spacial score (nSPS) is 10.5. The number of hydrogen-bond donors (Lipinski definition) is 2. The van der Waals surface area contributed by atoms with Gasteiger partial charge in [0.05, 0.1) is 17.6 Å². The number of benzene rings is 1. The minimum absolute atomic E-state index is 0.111. The zero-order valence-corrected chi connectivity index (χ0v) is 12.9. The van der Waals surface area contributed by atoms with Crippen LogP contribution >= 0.6 is 23.1 Å². The van der Waals surface area contributed by atoms with Crippen LogP contribution < -0.4 is 0 Å². The number of aliphatic hydroxyl groups is 1. The van der Waals surface area contributed by atoms with E-state index < -0.39 is 0 Å². The predicted octanol–water partition coefficient (Wildman–Crippen LogP) is 3.65. The van der Waals surface area contributed by atoms with Crippen LogP contribution in [0.1, 0.15) is 16.9 Å². The lowest BCUT2D eigenvalue weighted by Gasteiger charge is -1.96. The Kier molecular flexibility index (Phi) is 4.61. The zero-order chi connectivity index (χ0) is 14.5. The van der Waals surface area contributed by atoms with Crippen LogP contribution in [0.25, 0.3) is 11.0 Å². The molecule has 0 aliphatic carbocycles. The van der Waals surface area contributed by atoms with Gasteiger partial charge in [-0.3, -0.25) is 0 Å². The summed E-state index contributed by atoms with van der Waals surface area (Å²) in [6.45, 7) is 0.111. The van der Waals surface area contributed by atoms with Crippen molar-refractivity contribution in [3.63, 3.8) is 0 Å². The first-order chi connectivity index (χ1) is 10.4. The van der Waals surface area contributed by atoms with E-state index in [0.29, 0.717) is 6.42 Å². The molecular weight excluding hydrogens is 300 g/mol. The molecule has 0 atom stereocenters. The molecule has 0 unspecified atom stereocenters. The van der Waals surface area contributed by atoms with Gasteiger partial charge in [0.25, 0.3) is 0 Å². The van der Waals surface area contributed by atoms with E-state index >= 15 is 0 Å². The summed E-state index contributed by atoms with van der Waals surface area (Å²) in [6, 6.07) is 10.1. The topological polar surface area (TPSA) is 48.9 Å². The van der Waals surface area contributed by atoms with Crippen molar-refractivity contribution >= 4 is 34.1 Å². The van der Waals surface area contributed by atoms with Crippen molar-refractivity contribution < 1.29 is 5.11 Å². The molecule has 1 aromatic carbocycles. The van der Waals surface area contributed by atoms with Gasteiger partial charge in [-0.1, -0.05) is 35.7 Å². The maximum Gasteiger partial charge on any atom is 0.166 e. The van der Waals surface area contributed by atoms with Crippen molar-refractivity contribution in [1.29, 1.82) is 0 Å². The Hall–Kier alpha value is -1.74. The predicted molar refractivity (Wildman–Crippen MR) is 88.6 cm³/mol. The maximum absolute atomic E-state index is 8.77. The molecule has 0 fully saturated rings. The molecule has 0 aliphatic heterocycles. The molecule has 0 amide bonds. The fraction of sp³-hybridized carbons (Fsp3) is 0.188. The van der Waals surface area contributed by atoms with Gasteiger partial charge in [0.1, 0.15) is 0 Å². The highest BCUT2D eigenvalue weighted by Crippen LogP contribution is 2.27. The molecule has 5 heteroatoms. The molecule has 3 rings (SSSR count). The van der Waals surface area contributed by atoms with Gasteiger partial charge in [-0.05, 0) is 23.6 Å². The fourth-order valence-electron chi connectivity index (χ4n) is 1.91. The number of imidazole rings is 1. The van der Waals surface area contributed by atoms with Gasteiger partial charge < -0.3 is 10.1 Å². The number of thiophene rings is 1. The van der Waals surface area contributed by atoms with E-state index in [9.17, 15) is 0 Å². The fourth-order valence-corrected chi connectivity index (χ4v) is 3.74. The summed E-state index contributed by atoms with van der Waals surface area (Å²) in [6.07, 6.45) is 0.520. The summed E-state index contributed by atoms with van der Waals surface area (Å²) in [7, 11) is 0. The Morgan fingerprint density at radius 2 is 2.19 bits per heavy atom. The van der Waals surface area contributed by atoms with E-state index in [1.807, 2.05) is 30.3 Å². The number of thioether (sulfide) groups is 1. The Morgan fingerprint density at radius 1 is 1.29 bits per heavy atom. The van der Waals surface area contributed by atoms with Crippen LogP contribution in [0.2, 0.25) is 0 Å².